The van der Waals surface area contributed by atoms with Crippen molar-refractivity contribution in [1.29, 1.82) is 0 Å². The molecule has 0 spiro atoms. The van der Waals surface area contributed by atoms with Gasteiger partial charge in [-0.3, -0.25) is 0 Å². The Labute approximate surface area is 203 Å². The van der Waals surface area contributed by atoms with Crippen molar-refractivity contribution in [1.82, 2.24) is 0 Å². The highest BCUT2D eigenvalue weighted by molar-refractivity contribution is 7.85. The van der Waals surface area contributed by atoms with Crippen LogP contribution in [0.5, 0.6) is 0 Å². The van der Waals surface area contributed by atoms with E-state index in [4.69, 9.17) is 10.2 Å². The Hall–Kier alpha value is -0.990. The van der Waals surface area contributed by atoms with Gasteiger partial charge in [0.05, 0.1) is 31.2 Å². The molecule has 4 N–H and O–H groups in total. The van der Waals surface area contributed by atoms with Gasteiger partial charge in [-0.2, -0.15) is 0 Å². The Kier molecular flexibility index (Phi) is 22.1. The minimum Gasteiger partial charge on any atom is -0.744 e. The molecular formula is C26H49NO5S. The lowest BCUT2D eigenvalue weighted by Crippen LogP contribution is -2.85. The molecule has 0 aliphatic carbocycles. The van der Waals surface area contributed by atoms with Crippen molar-refractivity contribution < 1.29 is 28.5 Å². The fraction of sp³-hybridized carbons (Fsp3) is 0.769. The lowest BCUT2D eigenvalue weighted by atomic mass is 10.0. The summed E-state index contributed by atoms with van der Waals surface area (Å²) in [6.07, 6.45) is 18.9. The zero-order chi connectivity index (χ0) is 24.6. The quantitative estimate of drug-likeness (QED) is 0.189. The van der Waals surface area contributed by atoms with E-state index in [1.54, 1.807) is 18.2 Å². The summed E-state index contributed by atoms with van der Waals surface area (Å²) in [5.74, 6) is 0. The van der Waals surface area contributed by atoms with Crippen molar-refractivity contribution in [2.75, 3.05) is 26.3 Å². The lowest BCUT2D eigenvalue weighted by molar-refractivity contribution is -0.657. The van der Waals surface area contributed by atoms with Crippen LogP contribution >= 0.6 is 0 Å². The first-order valence-corrected chi connectivity index (χ1v) is 14.4. The largest absolute Gasteiger partial charge is 0.744 e. The van der Waals surface area contributed by atoms with E-state index in [-0.39, 0.29) is 18.1 Å². The van der Waals surface area contributed by atoms with Crippen molar-refractivity contribution in [2.24, 2.45) is 0 Å². The van der Waals surface area contributed by atoms with Crippen LogP contribution in [0.25, 0.3) is 0 Å². The molecule has 0 aliphatic rings. The second-order valence-electron chi connectivity index (χ2n) is 8.72. The maximum Gasteiger partial charge on any atom is 0.124 e. The van der Waals surface area contributed by atoms with Crippen molar-refractivity contribution in [2.45, 2.75) is 108 Å². The fourth-order valence-electron chi connectivity index (χ4n) is 3.79. The van der Waals surface area contributed by atoms with E-state index in [1.807, 2.05) is 5.32 Å². The van der Waals surface area contributed by atoms with Crippen molar-refractivity contribution in [3.8, 4) is 0 Å². The summed E-state index contributed by atoms with van der Waals surface area (Å²) in [7, 11) is -4.35. The molecule has 7 heteroatoms. The van der Waals surface area contributed by atoms with Crippen LogP contribution in [0.15, 0.2) is 29.2 Å². The summed E-state index contributed by atoms with van der Waals surface area (Å²) in [4.78, 5) is -0.0466. The van der Waals surface area contributed by atoms with Gasteiger partial charge >= 0.3 is 0 Å². The number of hydrogen-bond acceptors (Lipinski definition) is 5. The number of aliphatic hydroxyl groups excluding tert-OH is 2. The van der Waals surface area contributed by atoms with Gasteiger partial charge in [-0.05, 0) is 24.5 Å². The highest BCUT2D eigenvalue weighted by Crippen LogP contribution is 2.18. The average Bonchev–Trinajstić information content (AvgIpc) is 2.80. The van der Waals surface area contributed by atoms with E-state index >= 15 is 0 Å². The molecule has 1 aromatic carbocycles. The standard InChI is InChI=1S/C22H38O3S.C4H11NO2/c1-2-3-4-5-6-7-8-9-10-11-12-13-14-15-18-21-19-16-17-20-22(21)26(23,24)25;6-3-1-5-2-4-7/h16-17,19-20H,2-15,18H2,1H3,(H,23,24,25);5-7H,1-4H2. The van der Waals surface area contributed by atoms with Crippen LogP contribution in [0.4, 0.5) is 0 Å². The number of quaternary nitrogens is 1. The number of rotatable bonds is 20. The van der Waals surface area contributed by atoms with E-state index in [9.17, 15) is 13.0 Å². The highest BCUT2D eigenvalue weighted by Gasteiger charge is 2.07. The van der Waals surface area contributed by atoms with E-state index in [0.717, 1.165) is 12.8 Å². The van der Waals surface area contributed by atoms with Gasteiger partial charge < -0.3 is 20.1 Å². The van der Waals surface area contributed by atoms with E-state index in [0.29, 0.717) is 25.1 Å². The molecule has 194 valence electrons. The molecule has 0 saturated heterocycles. The zero-order valence-electron chi connectivity index (χ0n) is 20.8. The number of hydrogen-bond donors (Lipinski definition) is 3. The van der Waals surface area contributed by atoms with Gasteiger partial charge in [0.25, 0.3) is 0 Å². The molecule has 0 fully saturated rings. The molecule has 33 heavy (non-hydrogen) atoms. The van der Waals surface area contributed by atoms with Crippen LogP contribution in [-0.4, -0.2) is 49.5 Å². The summed E-state index contributed by atoms with van der Waals surface area (Å²) >= 11 is 0. The Morgan fingerprint density at radius 1 is 0.727 bits per heavy atom. The third kappa shape index (κ3) is 20.1. The SMILES string of the molecule is CCCCCCCCCCCCCCCCc1ccccc1S(=O)(=O)[O-].OCC[NH2+]CCO. The molecule has 0 aromatic heterocycles. The molecule has 0 saturated carbocycles. The number of nitrogens with two attached hydrogens (primary N) is 1. The molecule has 0 unspecified atom stereocenters. The minimum absolute atomic E-state index is 0.0466. The molecule has 1 aromatic rings. The molecule has 0 heterocycles. The average molecular weight is 488 g/mol. The summed E-state index contributed by atoms with van der Waals surface area (Å²) < 4.78 is 33.7. The second-order valence-corrected chi connectivity index (χ2v) is 10.1. The molecule has 0 aliphatic heterocycles. The minimum atomic E-state index is -4.35. The molecule has 6 nitrogen and oxygen atoms in total. The van der Waals surface area contributed by atoms with Gasteiger partial charge in [0, 0.05) is 0 Å². The third-order valence-electron chi connectivity index (χ3n) is 5.71. The Morgan fingerprint density at radius 2 is 1.15 bits per heavy atom. The summed E-state index contributed by atoms with van der Waals surface area (Å²) in [5, 5.41) is 18.2. The maximum atomic E-state index is 11.2. The number of benzene rings is 1. The molecule has 0 bridgehead atoms. The van der Waals surface area contributed by atoms with Crippen molar-refractivity contribution >= 4 is 10.1 Å². The first kappa shape index (κ1) is 32.0. The van der Waals surface area contributed by atoms with Crippen molar-refractivity contribution in [3.63, 3.8) is 0 Å². The molecule has 0 amide bonds. The fourth-order valence-corrected chi connectivity index (χ4v) is 4.53. The molecule has 0 radical (unpaired) electrons. The Bertz CT molecular complexity index is 648. The lowest BCUT2D eigenvalue weighted by Gasteiger charge is -2.12. The van der Waals surface area contributed by atoms with Gasteiger partial charge in [-0.15, -0.1) is 0 Å². The van der Waals surface area contributed by atoms with E-state index in [1.165, 1.54) is 83.1 Å². The second kappa shape index (κ2) is 22.8. The number of aryl methyl sites for hydroxylation is 1. The first-order valence-electron chi connectivity index (χ1n) is 13.0. The van der Waals surface area contributed by atoms with Crippen LogP contribution in [0.2, 0.25) is 0 Å². The zero-order valence-corrected chi connectivity index (χ0v) is 21.7. The van der Waals surface area contributed by atoms with Crippen molar-refractivity contribution in [3.05, 3.63) is 29.8 Å². The molecule has 0 atom stereocenters. The van der Waals surface area contributed by atoms with Gasteiger partial charge in [0.1, 0.15) is 10.1 Å². The topological polar surface area (TPSA) is 114 Å². The summed E-state index contributed by atoms with van der Waals surface area (Å²) in [6.45, 7) is 4.04. The predicted octanol–water partition coefficient (Wildman–Crippen LogP) is 4.15. The molecule has 1 rings (SSSR count). The van der Waals surface area contributed by atoms with Crippen LogP contribution in [-0.2, 0) is 16.5 Å². The molecular weight excluding hydrogens is 438 g/mol. The maximum absolute atomic E-state index is 11.2. The van der Waals surface area contributed by atoms with Crippen LogP contribution in [0.3, 0.4) is 0 Å². The Morgan fingerprint density at radius 3 is 1.58 bits per heavy atom. The van der Waals surface area contributed by atoms with Gasteiger partial charge in [0.2, 0.25) is 0 Å². The highest BCUT2D eigenvalue weighted by atomic mass is 32.2. The van der Waals surface area contributed by atoms with Crippen LogP contribution in [0.1, 0.15) is 102 Å². The van der Waals surface area contributed by atoms with Gasteiger partial charge in [-0.1, -0.05) is 109 Å². The monoisotopic (exact) mass is 487 g/mol. The number of aliphatic hydroxyl groups is 2. The van der Waals surface area contributed by atoms with Gasteiger partial charge in [0.15, 0.2) is 0 Å². The first-order chi connectivity index (χ1) is 16.0. The Balaban J connectivity index is 0.00000126. The predicted molar refractivity (Wildman–Crippen MR) is 134 cm³/mol. The van der Waals surface area contributed by atoms with E-state index < -0.39 is 10.1 Å². The summed E-state index contributed by atoms with van der Waals surface area (Å²) in [6, 6.07) is 6.59. The summed E-state index contributed by atoms with van der Waals surface area (Å²) in [5.41, 5.74) is 0.668. The third-order valence-corrected chi connectivity index (χ3v) is 6.65. The van der Waals surface area contributed by atoms with Gasteiger partial charge in [-0.25, -0.2) is 8.42 Å². The smallest absolute Gasteiger partial charge is 0.124 e. The van der Waals surface area contributed by atoms with E-state index in [2.05, 4.69) is 6.92 Å². The van der Waals surface area contributed by atoms with Crippen LogP contribution in [0, 0.1) is 0 Å². The normalized spacial score (nSPS) is 11.3. The number of unbranched alkanes of at least 4 members (excludes halogenated alkanes) is 13. The van der Waals surface area contributed by atoms with Crippen LogP contribution < -0.4 is 5.32 Å².